The van der Waals surface area contributed by atoms with Crippen molar-refractivity contribution in [1.29, 1.82) is 0 Å². The number of phenols is 1. The van der Waals surface area contributed by atoms with Gasteiger partial charge in [-0.2, -0.15) is 0 Å². The first kappa shape index (κ1) is 16.8. The van der Waals surface area contributed by atoms with Gasteiger partial charge in [-0.3, -0.25) is 0 Å². The molecule has 0 aliphatic heterocycles. The molecule has 128 valence electrons. The van der Waals surface area contributed by atoms with Crippen LogP contribution in [0, 0.1) is 5.92 Å². The average molecular weight is 317 g/mol. The Morgan fingerprint density at radius 1 is 1.09 bits per heavy atom. The lowest BCUT2D eigenvalue weighted by atomic mass is 9.85. The van der Waals surface area contributed by atoms with Crippen LogP contribution < -0.4 is 4.90 Å². The Kier molecular flexibility index (Phi) is 5.99. The summed E-state index contributed by atoms with van der Waals surface area (Å²) in [7, 11) is 0. The highest BCUT2D eigenvalue weighted by atomic mass is 16.3. The van der Waals surface area contributed by atoms with E-state index in [-0.39, 0.29) is 0 Å². The van der Waals surface area contributed by atoms with E-state index in [0.717, 1.165) is 24.8 Å². The van der Waals surface area contributed by atoms with Gasteiger partial charge in [-0.05, 0) is 42.4 Å². The van der Waals surface area contributed by atoms with Gasteiger partial charge >= 0.3 is 0 Å². The molecule has 2 aliphatic rings. The number of nitrogens with one attached hydrogen (secondary N) is 1. The molecule has 0 aromatic heterocycles. The zero-order valence-corrected chi connectivity index (χ0v) is 14.8. The van der Waals surface area contributed by atoms with Crippen LogP contribution in [0.2, 0.25) is 0 Å². The van der Waals surface area contributed by atoms with E-state index in [2.05, 4.69) is 13.0 Å². The van der Waals surface area contributed by atoms with Crippen molar-refractivity contribution < 1.29 is 10.0 Å². The second-order valence-electron chi connectivity index (χ2n) is 7.81. The number of hydrogen-bond acceptors (Lipinski definition) is 1. The average Bonchev–Trinajstić information content (AvgIpc) is 2.59. The van der Waals surface area contributed by atoms with Crippen LogP contribution in [0.3, 0.4) is 0 Å². The molecular weight excluding hydrogens is 282 g/mol. The molecule has 0 spiro atoms. The summed E-state index contributed by atoms with van der Waals surface area (Å²) in [4.78, 5) is 1.83. The van der Waals surface area contributed by atoms with Gasteiger partial charge in [0.15, 0.2) is 0 Å². The summed E-state index contributed by atoms with van der Waals surface area (Å²) in [5.41, 5.74) is 2.61. The minimum Gasteiger partial charge on any atom is -0.508 e. The van der Waals surface area contributed by atoms with Gasteiger partial charge in [0.1, 0.15) is 5.75 Å². The lowest BCUT2D eigenvalue weighted by molar-refractivity contribution is -0.926. The first-order chi connectivity index (χ1) is 11.3. The molecule has 2 heteroatoms. The molecule has 0 bridgehead atoms. The molecule has 1 aromatic carbocycles. The van der Waals surface area contributed by atoms with Crippen molar-refractivity contribution in [2.24, 2.45) is 5.92 Å². The van der Waals surface area contributed by atoms with E-state index in [1.54, 1.807) is 0 Å². The zero-order valence-electron chi connectivity index (χ0n) is 14.8. The van der Waals surface area contributed by atoms with Crippen LogP contribution in [0.1, 0.15) is 69.4 Å². The van der Waals surface area contributed by atoms with Crippen LogP contribution in [0.5, 0.6) is 5.75 Å². The first-order valence-electron chi connectivity index (χ1n) is 9.92. The van der Waals surface area contributed by atoms with Crippen molar-refractivity contribution in [3.63, 3.8) is 0 Å². The monoisotopic (exact) mass is 316 g/mol. The van der Waals surface area contributed by atoms with Crippen LogP contribution in [-0.2, 0) is 12.8 Å². The van der Waals surface area contributed by atoms with Crippen molar-refractivity contribution in [3.8, 4) is 5.75 Å². The standard InChI is InChI=1S/C21H33NO/c1-2-14-22(15-13-17-7-4-3-5-8-17)19-11-12-20-18(16-19)9-6-10-21(20)23/h6,9-10,17,19,23H,2-5,7-8,11-16H2,1H3/p+1/t19-/m1/s1. The second-order valence-corrected chi connectivity index (χ2v) is 7.81. The van der Waals surface area contributed by atoms with Crippen LogP contribution in [-0.4, -0.2) is 24.2 Å². The SMILES string of the molecule is CCC[NH+](CCC1CCCCC1)[C@@H]1CCc2c(O)cccc2C1. The number of hydrogen-bond donors (Lipinski definition) is 2. The minimum atomic E-state index is 0.514. The Balaban J connectivity index is 1.60. The molecule has 0 amide bonds. The summed E-state index contributed by atoms with van der Waals surface area (Å²) in [6, 6.07) is 6.84. The van der Waals surface area contributed by atoms with E-state index < -0.39 is 0 Å². The van der Waals surface area contributed by atoms with Crippen LogP contribution in [0.25, 0.3) is 0 Å². The van der Waals surface area contributed by atoms with Crippen molar-refractivity contribution >= 4 is 0 Å². The summed E-state index contributed by atoms with van der Waals surface area (Å²) in [6.45, 7) is 4.99. The van der Waals surface area contributed by atoms with Gasteiger partial charge in [-0.1, -0.05) is 51.2 Å². The fraction of sp³-hybridized carbons (Fsp3) is 0.714. The fourth-order valence-electron chi connectivity index (χ4n) is 4.86. The molecule has 0 radical (unpaired) electrons. The summed E-state index contributed by atoms with van der Waals surface area (Å²) in [5.74, 6) is 1.51. The van der Waals surface area contributed by atoms with Gasteiger partial charge < -0.3 is 10.0 Å². The highest BCUT2D eigenvalue weighted by Gasteiger charge is 2.28. The van der Waals surface area contributed by atoms with Crippen molar-refractivity contribution in [2.75, 3.05) is 13.1 Å². The number of quaternary nitrogens is 1. The predicted molar refractivity (Wildman–Crippen MR) is 96.1 cm³/mol. The molecule has 2 atom stereocenters. The summed E-state index contributed by atoms with van der Waals surface area (Å²) in [6.07, 6.45) is 13.5. The highest BCUT2D eigenvalue weighted by molar-refractivity contribution is 5.41. The lowest BCUT2D eigenvalue weighted by Gasteiger charge is -2.34. The molecular formula is C21H34NO+. The molecule has 23 heavy (non-hydrogen) atoms. The summed E-state index contributed by atoms with van der Waals surface area (Å²) in [5, 5.41) is 10.1. The maximum Gasteiger partial charge on any atom is 0.119 e. The molecule has 1 saturated carbocycles. The maximum atomic E-state index is 10.1. The van der Waals surface area contributed by atoms with E-state index in [4.69, 9.17) is 0 Å². The van der Waals surface area contributed by atoms with Crippen LogP contribution in [0.15, 0.2) is 18.2 Å². The largest absolute Gasteiger partial charge is 0.508 e. The number of rotatable bonds is 6. The van der Waals surface area contributed by atoms with Gasteiger partial charge in [0.2, 0.25) is 0 Å². The van der Waals surface area contributed by atoms with Gasteiger partial charge in [-0.15, -0.1) is 0 Å². The predicted octanol–water partition coefficient (Wildman–Crippen LogP) is 3.51. The van der Waals surface area contributed by atoms with Crippen molar-refractivity contribution in [3.05, 3.63) is 29.3 Å². The van der Waals surface area contributed by atoms with E-state index in [1.165, 1.54) is 75.6 Å². The van der Waals surface area contributed by atoms with E-state index in [0.29, 0.717) is 5.75 Å². The molecule has 1 unspecified atom stereocenters. The molecule has 2 N–H and O–H groups in total. The van der Waals surface area contributed by atoms with Crippen LogP contribution >= 0.6 is 0 Å². The zero-order chi connectivity index (χ0) is 16.1. The number of benzene rings is 1. The number of phenolic OH excluding ortho intramolecular Hbond substituents is 1. The van der Waals surface area contributed by atoms with Gasteiger partial charge in [-0.25, -0.2) is 0 Å². The molecule has 2 nitrogen and oxygen atoms in total. The van der Waals surface area contributed by atoms with E-state index in [1.807, 2.05) is 17.0 Å². The van der Waals surface area contributed by atoms with E-state index in [9.17, 15) is 5.11 Å². The maximum absolute atomic E-state index is 10.1. The van der Waals surface area contributed by atoms with Crippen molar-refractivity contribution in [1.82, 2.24) is 0 Å². The third-order valence-electron chi connectivity index (χ3n) is 6.20. The first-order valence-corrected chi connectivity index (χ1v) is 9.92. The van der Waals surface area contributed by atoms with Crippen LogP contribution in [0.4, 0.5) is 0 Å². The van der Waals surface area contributed by atoms with Crippen molar-refractivity contribution in [2.45, 2.75) is 77.2 Å². The smallest absolute Gasteiger partial charge is 0.119 e. The number of fused-ring (bicyclic) bond motifs is 1. The normalized spacial score (nSPS) is 23.4. The van der Waals surface area contributed by atoms with Gasteiger partial charge in [0, 0.05) is 12.8 Å². The third kappa shape index (κ3) is 4.29. The highest BCUT2D eigenvalue weighted by Crippen LogP contribution is 2.28. The summed E-state index contributed by atoms with van der Waals surface area (Å²) >= 11 is 0. The molecule has 1 fully saturated rings. The molecule has 3 rings (SSSR count). The Bertz CT molecular complexity index is 493. The minimum absolute atomic E-state index is 0.514. The molecule has 0 saturated heterocycles. The Morgan fingerprint density at radius 2 is 1.91 bits per heavy atom. The Labute approximate surface area is 141 Å². The Morgan fingerprint density at radius 3 is 2.70 bits per heavy atom. The van der Waals surface area contributed by atoms with Gasteiger partial charge in [0.25, 0.3) is 0 Å². The molecule has 1 aromatic rings. The lowest BCUT2D eigenvalue weighted by Crippen LogP contribution is -3.16. The topological polar surface area (TPSA) is 24.7 Å². The van der Waals surface area contributed by atoms with Gasteiger partial charge in [0.05, 0.1) is 19.1 Å². The second kappa shape index (κ2) is 8.19. The van der Waals surface area contributed by atoms with E-state index >= 15 is 0 Å². The Hall–Kier alpha value is -1.02. The quantitative estimate of drug-likeness (QED) is 0.825. The number of aromatic hydroxyl groups is 1. The third-order valence-corrected chi connectivity index (χ3v) is 6.20. The summed E-state index contributed by atoms with van der Waals surface area (Å²) < 4.78 is 0. The molecule has 0 heterocycles. The molecule has 2 aliphatic carbocycles. The fourth-order valence-corrected chi connectivity index (χ4v) is 4.86.